The van der Waals surface area contributed by atoms with Gasteiger partial charge < -0.3 is 0 Å². The normalized spacial score (nSPS) is 17.4. The van der Waals surface area contributed by atoms with Gasteiger partial charge in [-0.15, -0.1) is 0 Å². The van der Waals surface area contributed by atoms with Crippen LogP contribution in [0.15, 0.2) is 23.6 Å². The highest BCUT2D eigenvalue weighted by atomic mass is 28.3. The van der Waals surface area contributed by atoms with Gasteiger partial charge in [0.15, 0.2) is 0 Å². The van der Waals surface area contributed by atoms with E-state index in [1.54, 1.807) is 0 Å². The molecule has 0 nitrogen and oxygen atoms in total. The van der Waals surface area contributed by atoms with Crippen molar-refractivity contribution in [2.24, 2.45) is 0 Å². The predicted octanol–water partition coefficient (Wildman–Crippen LogP) is 2.22. The molecule has 0 saturated carbocycles. The molecule has 0 unspecified atom stereocenters. The Kier molecular flexibility index (Phi) is 2.78. The summed E-state index contributed by atoms with van der Waals surface area (Å²) in [5.41, 5.74) is 4.82. The lowest BCUT2D eigenvalue weighted by Crippen LogP contribution is -2.01. The summed E-state index contributed by atoms with van der Waals surface area (Å²) in [4.78, 5) is 0. The lowest BCUT2D eigenvalue weighted by atomic mass is 10.4. The van der Waals surface area contributed by atoms with Crippen molar-refractivity contribution in [1.29, 1.82) is 0 Å². The molecule has 1 aliphatic rings. The van der Waals surface area contributed by atoms with E-state index in [4.69, 9.17) is 0 Å². The lowest BCUT2D eigenvalue weighted by molar-refractivity contribution is 0.878. The van der Waals surface area contributed by atoms with Gasteiger partial charge in [0.05, 0.1) is 8.80 Å². The van der Waals surface area contributed by atoms with Crippen LogP contribution >= 0.6 is 0 Å². The molecule has 1 heteroatoms. The number of hydrogen-bond acceptors (Lipinski definition) is 0. The summed E-state index contributed by atoms with van der Waals surface area (Å²) in [5, 5.41) is 0. The minimum Gasteiger partial charge on any atom is -0.0935 e. The molecule has 1 heterocycles. The molecule has 0 aromatic rings. The molecule has 0 aliphatic carbocycles. The van der Waals surface area contributed by atoms with Gasteiger partial charge in [-0.1, -0.05) is 49.4 Å². The minimum absolute atomic E-state index is 0.460. The van der Waals surface area contributed by atoms with Crippen LogP contribution in [0.5, 0.6) is 0 Å². The zero-order valence-electron chi connectivity index (χ0n) is 6.01. The van der Waals surface area contributed by atoms with E-state index in [1.165, 1.54) is 18.9 Å². The number of rotatable bonds is 3. The Morgan fingerprint density at radius 1 is 1.22 bits per heavy atom. The molecule has 50 valence electrons. The molecule has 0 fully saturated rings. The molecule has 1 aliphatic heterocycles. The van der Waals surface area contributed by atoms with Gasteiger partial charge in [-0.2, -0.15) is 0 Å². The van der Waals surface area contributed by atoms with Crippen LogP contribution in [0.1, 0.15) is 19.8 Å². The van der Waals surface area contributed by atoms with Gasteiger partial charge in [0.1, 0.15) is 0 Å². The third-order valence-electron chi connectivity index (χ3n) is 1.72. The van der Waals surface area contributed by atoms with E-state index in [0.717, 1.165) is 0 Å². The minimum atomic E-state index is -0.460. The number of hydrogen-bond donors (Lipinski definition) is 0. The quantitative estimate of drug-likeness (QED) is 0.525. The molecule has 0 saturated heterocycles. The summed E-state index contributed by atoms with van der Waals surface area (Å²) < 4.78 is 0. The van der Waals surface area contributed by atoms with Crippen LogP contribution in [-0.4, -0.2) is 8.80 Å². The van der Waals surface area contributed by atoms with Crippen molar-refractivity contribution in [3.63, 3.8) is 0 Å². The molecule has 1 rings (SSSR count). The first-order valence-electron chi connectivity index (χ1n) is 3.78. The topological polar surface area (TPSA) is 0 Å². The van der Waals surface area contributed by atoms with Crippen LogP contribution in [0, 0.1) is 0 Å². The molecule has 0 aromatic carbocycles. The summed E-state index contributed by atoms with van der Waals surface area (Å²) in [6.07, 6.45) is 7.18. The Balaban J connectivity index is 2.13. The Labute approximate surface area is 58.9 Å². The average Bonchev–Trinajstić information content (AvgIpc) is 2.34. The van der Waals surface area contributed by atoms with Crippen molar-refractivity contribution in [3.8, 4) is 0 Å². The maximum absolute atomic E-state index is 2.41. The van der Waals surface area contributed by atoms with E-state index in [9.17, 15) is 0 Å². The van der Waals surface area contributed by atoms with Crippen LogP contribution in [0.3, 0.4) is 0 Å². The van der Waals surface area contributed by atoms with E-state index < -0.39 is 8.80 Å². The monoisotopic (exact) mass is 138 g/mol. The fraction of sp³-hybridized carbons (Fsp3) is 0.500. The third-order valence-corrected chi connectivity index (χ3v) is 4.23. The summed E-state index contributed by atoms with van der Waals surface area (Å²) >= 11 is 0. The first kappa shape index (κ1) is 6.81. The van der Waals surface area contributed by atoms with Gasteiger partial charge >= 0.3 is 0 Å². The van der Waals surface area contributed by atoms with Gasteiger partial charge in [-0.25, -0.2) is 0 Å². The standard InChI is InChI=1S/C8H14Si/c1-2-3-6-9-7-4-5-8-9/h4-5,7-9H,2-3,6H2,1H3. The average molecular weight is 138 g/mol. The van der Waals surface area contributed by atoms with Crippen molar-refractivity contribution in [2.45, 2.75) is 25.8 Å². The van der Waals surface area contributed by atoms with Gasteiger partial charge in [-0.3, -0.25) is 0 Å². The van der Waals surface area contributed by atoms with Crippen LogP contribution in [0.25, 0.3) is 0 Å². The molecule has 0 bridgehead atoms. The van der Waals surface area contributed by atoms with Crippen LogP contribution in [-0.2, 0) is 0 Å². The highest BCUT2D eigenvalue weighted by Gasteiger charge is 2.02. The van der Waals surface area contributed by atoms with Crippen molar-refractivity contribution in [3.05, 3.63) is 23.6 Å². The Hall–Kier alpha value is -0.303. The van der Waals surface area contributed by atoms with Crippen LogP contribution < -0.4 is 0 Å². The second-order valence-electron chi connectivity index (χ2n) is 2.58. The first-order chi connectivity index (χ1) is 4.43. The third kappa shape index (κ3) is 2.18. The SMILES string of the molecule is CCCC[SiH]1C=CC=C1. The second kappa shape index (κ2) is 3.67. The Morgan fingerprint density at radius 2 is 1.89 bits per heavy atom. The summed E-state index contributed by atoms with van der Waals surface area (Å²) in [6, 6.07) is 1.48. The molecule has 0 aromatic heterocycles. The van der Waals surface area contributed by atoms with Crippen molar-refractivity contribution in [2.75, 3.05) is 0 Å². The Bertz CT molecular complexity index is 113. The lowest BCUT2D eigenvalue weighted by Gasteiger charge is -1.98. The molecule has 0 atom stereocenters. The van der Waals surface area contributed by atoms with E-state index in [2.05, 4.69) is 30.5 Å². The van der Waals surface area contributed by atoms with Gasteiger partial charge in [0.2, 0.25) is 0 Å². The van der Waals surface area contributed by atoms with Crippen molar-refractivity contribution in [1.82, 2.24) is 0 Å². The maximum Gasteiger partial charge on any atom is 0.0852 e. The van der Waals surface area contributed by atoms with Crippen molar-refractivity contribution >= 4 is 8.80 Å². The van der Waals surface area contributed by atoms with Crippen LogP contribution in [0.4, 0.5) is 0 Å². The largest absolute Gasteiger partial charge is 0.0935 e. The highest BCUT2D eigenvalue weighted by Crippen LogP contribution is 2.07. The summed E-state index contributed by atoms with van der Waals surface area (Å²) in [6.45, 7) is 2.26. The molecule has 0 amide bonds. The molecule has 0 spiro atoms. The fourth-order valence-corrected chi connectivity index (χ4v) is 3.33. The predicted molar refractivity (Wildman–Crippen MR) is 45.1 cm³/mol. The van der Waals surface area contributed by atoms with E-state index in [1.807, 2.05) is 0 Å². The Morgan fingerprint density at radius 3 is 2.44 bits per heavy atom. The highest BCUT2D eigenvalue weighted by molar-refractivity contribution is 6.70. The zero-order chi connectivity index (χ0) is 6.53. The number of unbranched alkanes of at least 4 members (excludes halogenated alkanes) is 1. The molecule has 0 N–H and O–H groups in total. The van der Waals surface area contributed by atoms with Gasteiger partial charge in [-0.05, 0) is 0 Å². The van der Waals surface area contributed by atoms with Crippen LogP contribution in [0.2, 0.25) is 6.04 Å². The first-order valence-corrected chi connectivity index (χ1v) is 5.93. The summed E-state index contributed by atoms with van der Waals surface area (Å²) in [7, 11) is -0.460. The number of allylic oxidation sites excluding steroid dienone is 2. The maximum atomic E-state index is 2.41. The van der Waals surface area contributed by atoms with Gasteiger partial charge in [0.25, 0.3) is 0 Å². The van der Waals surface area contributed by atoms with Gasteiger partial charge in [0, 0.05) is 0 Å². The molecule has 0 radical (unpaired) electrons. The molecular weight excluding hydrogens is 124 g/mol. The van der Waals surface area contributed by atoms with Crippen molar-refractivity contribution < 1.29 is 0 Å². The van der Waals surface area contributed by atoms with E-state index in [0.29, 0.717) is 0 Å². The fourth-order valence-electron chi connectivity index (χ4n) is 1.11. The van der Waals surface area contributed by atoms with E-state index >= 15 is 0 Å². The smallest absolute Gasteiger partial charge is 0.0852 e. The summed E-state index contributed by atoms with van der Waals surface area (Å²) in [5.74, 6) is 0. The zero-order valence-corrected chi connectivity index (χ0v) is 7.16. The molecular formula is C8H14Si. The van der Waals surface area contributed by atoms with E-state index in [-0.39, 0.29) is 0 Å². The molecule has 9 heavy (non-hydrogen) atoms. The second-order valence-corrected chi connectivity index (χ2v) is 5.25.